The molecular weight excluding hydrogens is 290 g/mol. The van der Waals surface area contributed by atoms with E-state index >= 15 is 0 Å². The summed E-state index contributed by atoms with van der Waals surface area (Å²) in [5.41, 5.74) is 11.1. The minimum Gasteiger partial charge on any atom is -0.308 e. The summed E-state index contributed by atoms with van der Waals surface area (Å²) >= 11 is 0. The topological polar surface area (TPSA) is 4.93 Å². The summed E-state index contributed by atoms with van der Waals surface area (Å²) in [6, 6.07) is 17.4. The zero-order valence-corrected chi connectivity index (χ0v) is 13.5. The molecule has 1 aromatic heterocycles. The lowest BCUT2D eigenvalue weighted by Crippen LogP contribution is -2.09. The van der Waals surface area contributed by atoms with Crippen molar-refractivity contribution in [2.24, 2.45) is 5.92 Å². The first-order valence-corrected chi connectivity index (χ1v) is 8.35. The van der Waals surface area contributed by atoms with Crippen molar-refractivity contribution in [2.75, 3.05) is 0 Å². The summed E-state index contributed by atoms with van der Waals surface area (Å²) in [4.78, 5) is 0. The molecule has 2 aliphatic rings. The summed E-state index contributed by atoms with van der Waals surface area (Å²) in [7, 11) is 0. The van der Waals surface area contributed by atoms with E-state index in [1.54, 1.807) is 0 Å². The minimum atomic E-state index is 0.315. The third kappa shape index (κ3) is 1.83. The Morgan fingerprint density at radius 3 is 2.75 bits per heavy atom. The number of aromatic nitrogens is 1. The highest BCUT2D eigenvalue weighted by atomic mass is 15.0. The Labute approximate surface area is 141 Å². The molecule has 0 radical (unpaired) electrons. The number of allylic oxidation sites excluding steroid dienone is 4. The standard InChI is InChI=1S/C23H17N/c1-16-11-13-20-21-14-12-17-7-5-6-10-19(17)23(21)24(22(20)15-16)18-8-3-2-4-9-18/h2-9,11-15,17H,1H3. The van der Waals surface area contributed by atoms with Crippen LogP contribution >= 0.6 is 0 Å². The number of hydrogen-bond donors (Lipinski definition) is 0. The fraction of sp³-hybridized carbons (Fsp3) is 0.0870. The smallest absolute Gasteiger partial charge is 0.0659 e. The average molecular weight is 307 g/mol. The Balaban J connectivity index is 1.96. The first-order valence-electron chi connectivity index (χ1n) is 8.35. The lowest BCUT2D eigenvalue weighted by molar-refractivity contribution is 1.01. The summed E-state index contributed by atoms with van der Waals surface area (Å²) < 4.78 is 2.39. The predicted molar refractivity (Wildman–Crippen MR) is 101 cm³/mol. The number of rotatable bonds is 1. The molecule has 0 saturated heterocycles. The van der Waals surface area contributed by atoms with Crippen LogP contribution in [0.1, 0.15) is 16.8 Å². The summed E-state index contributed by atoms with van der Waals surface area (Å²) in [6.07, 6.45) is 10.9. The van der Waals surface area contributed by atoms with Gasteiger partial charge >= 0.3 is 0 Å². The van der Waals surface area contributed by atoms with Crippen LogP contribution in [0.5, 0.6) is 0 Å². The first kappa shape index (κ1) is 13.4. The van der Waals surface area contributed by atoms with E-state index in [0.717, 1.165) is 0 Å². The van der Waals surface area contributed by atoms with Gasteiger partial charge in [-0.3, -0.25) is 0 Å². The lowest BCUT2D eigenvalue weighted by atomic mass is 9.86. The van der Waals surface area contributed by atoms with Crippen LogP contribution in [-0.4, -0.2) is 4.57 Å². The van der Waals surface area contributed by atoms with Gasteiger partial charge in [0.2, 0.25) is 0 Å². The largest absolute Gasteiger partial charge is 0.308 e. The van der Waals surface area contributed by atoms with Crippen molar-refractivity contribution in [3.63, 3.8) is 0 Å². The van der Waals surface area contributed by atoms with Gasteiger partial charge in [-0.05, 0) is 36.8 Å². The fourth-order valence-corrected chi connectivity index (χ4v) is 3.79. The Morgan fingerprint density at radius 2 is 1.88 bits per heavy atom. The third-order valence-electron chi connectivity index (χ3n) is 4.89. The molecule has 0 spiro atoms. The molecule has 0 aliphatic heterocycles. The van der Waals surface area contributed by atoms with E-state index in [-0.39, 0.29) is 0 Å². The van der Waals surface area contributed by atoms with Gasteiger partial charge in [0.05, 0.1) is 11.2 Å². The zero-order chi connectivity index (χ0) is 16.1. The highest BCUT2D eigenvalue weighted by molar-refractivity contribution is 6.00. The summed E-state index contributed by atoms with van der Waals surface area (Å²) in [6.45, 7) is 2.15. The molecule has 1 nitrogen and oxygen atoms in total. The molecule has 5 rings (SSSR count). The van der Waals surface area contributed by atoms with E-state index in [1.165, 1.54) is 39.0 Å². The molecule has 1 atom stereocenters. The van der Waals surface area contributed by atoms with Crippen molar-refractivity contribution < 1.29 is 0 Å². The molecule has 0 saturated carbocycles. The predicted octanol–water partition coefficient (Wildman–Crippen LogP) is 5.69. The number of benzene rings is 2. The minimum absolute atomic E-state index is 0.315. The molecule has 0 bridgehead atoms. The van der Waals surface area contributed by atoms with Gasteiger partial charge < -0.3 is 4.57 Å². The maximum atomic E-state index is 3.50. The molecule has 1 heterocycles. The van der Waals surface area contributed by atoms with E-state index in [9.17, 15) is 0 Å². The lowest BCUT2D eigenvalue weighted by Gasteiger charge is -2.21. The van der Waals surface area contributed by atoms with E-state index < -0.39 is 0 Å². The highest BCUT2D eigenvalue weighted by Gasteiger charge is 2.26. The van der Waals surface area contributed by atoms with Crippen molar-refractivity contribution in [2.45, 2.75) is 6.92 Å². The Morgan fingerprint density at radius 1 is 1.00 bits per heavy atom. The van der Waals surface area contributed by atoms with Gasteiger partial charge in [0.15, 0.2) is 0 Å². The van der Waals surface area contributed by atoms with Gasteiger partial charge in [-0.25, -0.2) is 0 Å². The van der Waals surface area contributed by atoms with Gasteiger partial charge in [-0.15, -0.1) is 5.73 Å². The number of hydrogen-bond acceptors (Lipinski definition) is 0. The van der Waals surface area contributed by atoms with E-state index in [4.69, 9.17) is 0 Å². The van der Waals surface area contributed by atoms with E-state index in [2.05, 4.69) is 90.1 Å². The molecule has 0 fully saturated rings. The zero-order valence-electron chi connectivity index (χ0n) is 13.5. The van der Waals surface area contributed by atoms with Crippen molar-refractivity contribution in [1.29, 1.82) is 0 Å². The number of para-hydroxylation sites is 1. The average Bonchev–Trinajstić information content (AvgIpc) is 2.96. The van der Waals surface area contributed by atoms with Gasteiger partial charge in [0.25, 0.3) is 0 Å². The molecule has 24 heavy (non-hydrogen) atoms. The van der Waals surface area contributed by atoms with Crippen molar-refractivity contribution >= 4 is 22.6 Å². The second-order valence-corrected chi connectivity index (χ2v) is 6.45. The third-order valence-corrected chi connectivity index (χ3v) is 4.89. The van der Waals surface area contributed by atoms with Crippen LogP contribution in [0.15, 0.2) is 78.6 Å². The molecule has 0 amide bonds. The van der Waals surface area contributed by atoms with Crippen LogP contribution in [0.4, 0.5) is 0 Å². The van der Waals surface area contributed by atoms with Crippen molar-refractivity contribution in [3.8, 4) is 5.69 Å². The summed E-state index contributed by atoms with van der Waals surface area (Å²) in [5.74, 6) is 0.315. The SMILES string of the molecule is Cc1ccc2c3c(n(-c4ccccc4)c2c1)C1=C=CC=CC1C=C3. The first-order chi connectivity index (χ1) is 11.8. The second-order valence-electron chi connectivity index (χ2n) is 6.45. The number of fused-ring (bicyclic) bond motifs is 5. The molecular formula is C23H17N. The molecule has 1 heteroatoms. The second kappa shape index (κ2) is 4.99. The number of aryl methyl sites for hydroxylation is 1. The monoisotopic (exact) mass is 307 g/mol. The van der Waals surface area contributed by atoms with Gasteiger partial charge in [0, 0.05) is 28.1 Å². The van der Waals surface area contributed by atoms with Gasteiger partial charge in [-0.1, -0.05) is 54.6 Å². The van der Waals surface area contributed by atoms with Gasteiger partial charge in [0.1, 0.15) is 0 Å². The molecule has 0 N–H and O–H groups in total. The summed E-state index contributed by atoms with van der Waals surface area (Å²) in [5, 5.41) is 1.30. The van der Waals surface area contributed by atoms with Crippen LogP contribution in [0.2, 0.25) is 0 Å². The van der Waals surface area contributed by atoms with E-state index in [0.29, 0.717) is 5.92 Å². The molecule has 2 aromatic carbocycles. The van der Waals surface area contributed by atoms with Crippen molar-refractivity contribution in [1.82, 2.24) is 4.57 Å². The van der Waals surface area contributed by atoms with Gasteiger partial charge in [-0.2, -0.15) is 0 Å². The van der Waals surface area contributed by atoms with E-state index in [1.807, 2.05) is 6.08 Å². The Hall–Kier alpha value is -3.02. The number of nitrogens with zero attached hydrogens (tertiary/aromatic N) is 1. The normalized spacial score (nSPS) is 17.7. The Bertz CT molecular complexity index is 1080. The maximum Gasteiger partial charge on any atom is 0.0659 e. The van der Waals surface area contributed by atoms with Crippen LogP contribution in [0.25, 0.3) is 28.2 Å². The molecule has 1 unspecified atom stereocenters. The van der Waals surface area contributed by atoms with Crippen molar-refractivity contribution in [3.05, 3.63) is 95.4 Å². The van der Waals surface area contributed by atoms with Crippen LogP contribution < -0.4 is 0 Å². The van der Waals surface area contributed by atoms with Crippen LogP contribution in [0.3, 0.4) is 0 Å². The van der Waals surface area contributed by atoms with Crippen LogP contribution in [-0.2, 0) is 0 Å². The molecule has 2 aliphatic carbocycles. The molecule has 3 aromatic rings. The molecule has 114 valence electrons. The highest BCUT2D eigenvalue weighted by Crippen LogP contribution is 2.42. The fourth-order valence-electron chi connectivity index (χ4n) is 3.79. The Kier molecular flexibility index (Phi) is 2.79. The maximum absolute atomic E-state index is 3.50. The quantitative estimate of drug-likeness (QED) is 0.509. The van der Waals surface area contributed by atoms with Crippen LogP contribution in [0, 0.1) is 12.8 Å².